The van der Waals surface area contributed by atoms with Crippen molar-refractivity contribution < 1.29 is 17.6 Å². The van der Waals surface area contributed by atoms with Crippen LogP contribution in [0.3, 0.4) is 0 Å². The number of aromatic nitrogens is 2. The van der Waals surface area contributed by atoms with Crippen molar-refractivity contribution in [2.24, 2.45) is 0 Å². The van der Waals surface area contributed by atoms with E-state index < -0.39 is 15.8 Å². The summed E-state index contributed by atoms with van der Waals surface area (Å²) in [4.78, 5) is 23.7. The number of sulfonamides is 1. The molecule has 1 saturated heterocycles. The molecule has 0 aliphatic carbocycles. The van der Waals surface area contributed by atoms with Gasteiger partial charge in [-0.25, -0.2) is 17.8 Å². The molecule has 5 rings (SSSR count). The van der Waals surface area contributed by atoms with Crippen LogP contribution in [0, 0.1) is 5.82 Å². The van der Waals surface area contributed by atoms with Crippen molar-refractivity contribution >= 4 is 42.6 Å². The Morgan fingerprint density at radius 2 is 1.80 bits per heavy atom. The average Bonchev–Trinajstić information content (AvgIpc) is 3.34. The Morgan fingerprint density at radius 3 is 2.49 bits per heavy atom. The third kappa shape index (κ3) is 4.82. The molecule has 7 nitrogen and oxygen atoms in total. The van der Waals surface area contributed by atoms with Gasteiger partial charge in [0.25, 0.3) is 5.91 Å². The third-order valence-electron chi connectivity index (χ3n) is 5.95. The van der Waals surface area contributed by atoms with Gasteiger partial charge >= 0.3 is 0 Å². The van der Waals surface area contributed by atoms with Crippen molar-refractivity contribution in [1.29, 1.82) is 0 Å². The summed E-state index contributed by atoms with van der Waals surface area (Å²) in [6.45, 7) is 1.20. The van der Waals surface area contributed by atoms with Crippen LogP contribution in [0.1, 0.15) is 35.2 Å². The first-order valence-corrected chi connectivity index (χ1v) is 13.6. The molecular weight excluding hydrogens is 487 g/mol. The number of carbonyl (C=O) groups is 1. The first kappa shape index (κ1) is 23.5. The Labute approximate surface area is 206 Å². The number of pyridine rings is 1. The van der Waals surface area contributed by atoms with Gasteiger partial charge in [-0.3, -0.25) is 14.7 Å². The fraction of sp³-hybridized carbons (Fsp3) is 0.240. The number of carbonyl (C=O) groups excluding carboxylic acids is 1. The van der Waals surface area contributed by atoms with Crippen LogP contribution in [0.25, 0.3) is 10.2 Å². The van der Waals surface area contributed by atoms with Crippen LogP contribution in [0.5, 0.6) is 0 Å². The highest BCUT2D eigenvalue weighted by atomic mass is 32.2. The summed E-state index contributed by atoms with van der Waals surface area (Å²) in [5.41, 5.74) is 1.30. The van der Waals surface area contributed by atoms with Crippen LogP contribution in [0.4, 0.5) is 9.52 Å². The van der Waals surface area contributed by atoms with E-state index in [1.165, 1.54) is 50.9 Å². The Hall–Kier alpha value is -3.21. The Kier molecular flexibility index (Phi) is 6.59. The molecule has 0 bridgehead atoms. The zero-order valence-corrected chi connectivity index (χ0v) is 20.4. The molecule has 10 heteroatoms. The first-order valence-electron chi connectivity index (χ1n) is 11.3. The molecule has 0 spiro atoms. The summed E-state index contributed by atoms with van der Waals surface area (Å²) >= 11 is 1.22. The highest BCUT2D eigenvalue weighted by molar-refractivity contribution is 7.89. The van der Waals surface area contributed by atoms with Gasteiger partial charge in [-0.2, -0.15) is 4.31 Å². The van der Waals surface area contributed by atoms with E-state index in [4.69, 9.17) is 0 Å². The maximum atomic E-state index is 14.3. The number of benzene rings is 2. The second-order valence-corrected chi connectivity index (χ2v) is 11.3. The number of halogens is 1. The molecule has 0 atom stereocenters. The van der Waals surface area contributed by atoms with E-state index in [1.807, 2.05) is 6.07 Å². The summed E-state index contributed by atoms with van der Waals surface area (Å²) in [6, 6.07) is 14.3. The van der Waals surface area contributed by atoms with Gasteiger partial charge in [0, 0.05) is 31.0 Å². The van der Waals surface area contributed by atoms with Gasteiger partial charge in [0.1, 0.15) is 11.3 Å². The lowest BCUT2D eigenvalue weighted by Gasteiger charge is -2.26. The Balaban J connectivity index is 1.47. The van der Waals surface area contributed by atoms with Gasteiger partial charge in [0.2, 0.25) is 10.0 Å². The molecular formula is C25H23FN4O3S2. The van der Waals surface area contributed by atoms with Crippen LogP contribution in [-0.4, -0.2) is 41.7 Å². The number of hydrogen-bond donors (Lipinski definition) is 0. The second kappa shape index (κ2) is 9.80. The molecule has 2 aromatic carbocycles. The monoisotopic (exact) mass is 510 g/mol. The van der Waals surface area contributed by atoms with Crippen LogP contribution in [0.15, 0.2) is 71.9 Å². The molecule has 0 unspecified atom stereocenters. The van der Waals surface area contributed by atoms with Gasteiger partial charge in [-0.15, -0.1) is 0 Å². The van der Waals surface area contributed by atoms with Crippen molar-refractivity contribution in [3.8, 4) is 0 Å². The summed E-state index contributed by atoms with van der Waals surface area (Å²) in [6.07, 6.45) is 6.03. The number of anilines is 1. The highest BCUT2D eigenvalue weighted by Gasteiger charge is 2.27. The van der Waals surface area contributed by atoms with Crippen LogP contribution >= 0.6 is 11.3 Å². The number of rotatable bonds is 6. The zero-order chi connectivity index (χ0) is 24.4. The molecule has 180 valence electrons. The topological polar surface area (TPSA) is 83.5 Å². The average molecular weight is 511 g/mol. The van der Waals surface area contributed by atoms with E-state index in [-0.39, 0.29) is 22.9 Å². The highest BCUT2D eigenvalue weighted by Crippen LogP contribution is 2.32. The molecule has 0 saturated carbocycles. The number of thiazole rings is 1. The largest absolute Gasteiger partial charge is 0.279 e. The Morgan fingerprint density at radius 1 is 1.03 bits per heavy atom. The zero-order valence-electron chi connectivity index (χ0n) is 18.8. The standard InChI is InChI=1S/C25H23FN4O3S2/c26-21-7-4-8-22-23(21)28-25(34-22)30(17-18-6-5-13-27-16-18)24(31)19-9-11-20(12-10-19)35(32,33)29-14-2-1-3-15-29/h4-13,16H,1-3,14-15,17H2. The maximum Gasteiger partial charge on any atom is 0.260 e. The van der Waals surface area contributed by atoms with Crippen molar-refractivity contribution in [3.05, 3.63) is 83.9 Å². The Bertz CT molecular complexity index is 1450. The lowest BCUT2D eigenvalue weighted by atomic mass is 10.2. The van der Waals surface area contributed by atoms with Crippen molar-refractivity contribution in [2.45, 2.75) is 30.7 Å². The number of nitrogens with zero attached hydrogens (tertiary/aromatic N) is 4. The maximum absolute atomic E-state index is 14.3. The summed E-state index contributed by atoms with van der Waals surface area (Å²) in [5, 5.41) is 0.351. The van der Waals surface area contributed by atoms with Crippen molar-refractivity contribution in [3.63, 3.8) is 0 Å². The molecule has 1 aliphatic rings. The molecule has 1 aliphatic heterocycles. The number of para-hydroxylation sites is 1. The predicted octanol–water partition coefficient (Wildman–Crippen LogP) is 4.85. The lowest BCUT2D eigenvalue weighted by molar-refractivity contribution is 0.0985. The van der Waals surface area contributed by atoms with Crippen molar-refractivity contribution in [2.75, 3.05) is 18.0 Å². The SMILES string of the molecule is O=C(c1ccc(S(=O)(=O)N2CCCCC2)cc1)N(Cc1cccnc1)c1nc2c(F)cccc2s1. The van der Waals surface area contributed by atoms with E-state index in [9.17, 15) is 17.6 Å². The minimum Gasteiger partial charge on any atom is -0.279 e. The number of hydrogen-bond acceptors (Lipinski definition) is 6. The summed E-state index contributed by atoms with van der Waals surface area (Å²) in [5.74, 6) is -0.818. The molecule has 0 radical (unpaired) electrons. The van der Waals surface area contributed by atoms with E-state index in [1.54, 1.807) is 30.6 Å². The molecule has 4 aromatic rings. The molecule has 1 amide bonds. The number of piperidine rings is 1. The van der Waals surface area contributed by atoms with Gasteiger partial charge in [0.15, 0.2) is 5.13 Å². The fourth-order valence-corrected chi connectivity index (χ4v) is 6.59. The molecule has 35 heavy (non-hydrogen) atoms. The smallest absolute Gasteiger partial charge is 0.260 e. The van der Waals surface area contributed by atoms with Crippen LogP contribution in [0.2, 0.25) is 0 Å². The first-order chi connectivity index (χ1) is 16.9. The van der Waals surface area contributed by atoms with Crippen molar-refractivity contribution in [1.82, 2.24) is 14.3 Å². The van der Waals surface area contributed by atoms with E-state index in [2.05, 4.69) is 9.97 Å². The van der Waals surface area contributed by atoms with Crippen LogP contribution in [-0.2, 0) is 16.6 Å². The minimum atomic E-state index is -3.60. The van der Waals surface area contributed by atoms with Gasteiger partial charge < -0.3 is 0 Å². The summed E-state index contributed by atoms with van der Waals surface area (Å²) < 4.78 is 42.4. The molecule has 0 N–H and O–H groups in total. The summed E-state index contributed by atoms with van der Waals surface area (Å²) in [7, 11) is -3.60. The van der Waals surface area contributed by atoms with Gasteiger partial charge in [-0.05, 0) is 60.9 Å². The number of fused-ring (bicyclic) bond motifs is 1. The van der Waals surface area contributed by atoms with Gasteiger partial charge in [-0.1, -0.05) is 29.9 Å². The van der Waals surface area contributed by atoms with Crippen LogP contribution < -0.4 is 4.90 Å². The molecule has 1 fully saturated rings. The lowest BCUT2D eigenvalue weighted by Crippen LogP contribution is -2.35. The van der Waals surface area contributed by atoms with Gasteiger partial charge in [0.05, 0.1) is 16.1 Å². The predicted molar refractivity (Wildman–Crippen MR) is 133 cm³/mol. The quantitative estimate of drug-likeness (QED) is 0.370. The number of amides is 1. The fourth-order valence-electron chi connectivity index (χ4n) is 4.10. The molecule has 2 aromatic heterocycles. The normalized spacial score (nSPS) is 14.8. The third-order valence-corrected chi connectivity index (χ3v) is 8.91. The van der Waals surface area contributed by atoms with E-state index in [0.717, 1.165) is 24.8 Å². The molecule has 3 heterocycles. The minimum absolute atomic E-state index is 0.164. The van der Waals surface area contributed by atoms with E-state index in [0.29, 0.717) is 28.5 Å². The second-order valence-electron chi connectivity index (χ2n) is 8.32. The van der Waals surface area contributed by atoms with E-state index >= 15 is 0 Å².